The van der Waals surface area contributed by atoms with E-state index in [-0.39, 0.29) is 30.7 Å². The maximum Gasteiger partial charge on any atom is 0.272 e. The third-order valence-corrected chi connectivity index (χ3v) is 5.21. The van der Waals surface area contributed by atoms with Gasteiger partial charge in [0, 0.05) is 18.5 Å². The van der Waals surface area contributed by atoms with Gasteiger partial charge in [-0.15, -0.1) is 24.8 Å². The summed E-state index contributed by atoms with van der Waals surface area (Å²) in [6.45, 7) is 3.92. The molecule has 2 fully saturated rings. The van der Waals surface area contributed by atoms with E-state index in [9.17, 15) is 4.79 Å². The number of hydrogen-bond acceptors (Lipinski definition) is 3. The van der Waals surface area contributed by atoms with Crippen molar-refractivity contribution in [3.8, 4) is 0 Å². The van der Waals surface area contributed by atoms with Crippen LogP contribution in [0.4, 0.5) is 0 Å². The molecule has 24 heavy (non-hydrogen) atoms. The topological polar surface area (TPSA) is 45.2 Å². The highest BCUT2D eigenvalue weighted by atomic mass is 35.5. The zero-order valence-electron chi connectivity index (χ0n) is 13.5. The van der Waals surface area contributed by atoms with Crippen LogP contribution in [0, 0.1) is 5.41 Å². The fourth-order valence-electron chi connectivity index (χ4n) is 3.82. The molecule has 0 atom stereocenters. The standard InChI is InChI=1S/C18H21N3O.2ClH/c22-17(16-6-5-14-3-1-2-4-15(14)20-16)21-12-9-18(13-21)7-10-19-11-8-18;;/h1-6,19H,7-13H2;2*1H. The van der Waals surface area contributed by atoms with Crippen molar-refractivity contribution in [2.24, 2.45) is 5.41 Å². The Kier molecular flexibility index (Phi) is 6.07. The predicted octanol–water partition coefficient (Wildman–Crippen LogP) is 3.29. The lowest BCUT2D eigenvalue weighted by Gasteiger charge is -2.33. The number of halogens is 2. The quantitative estimate of drug-likeness (QED) is 0.840. The first-order valence-corrected chi connectivity index (χ1v) is 8.12. The molecule has 0 unspecified atom stereocenters. The van der Waals surface area contributed by atoms with Crippen LogP contribution < -0.4 is 5.32 Å². The van der Waals surface area contributed by atoms with Crippen molar-refractivity contribution in [2.45, 2.75) is 19.3 Å². The summed E-state index contributed by atoms with van der Waals surface area (Å²) in [5.41, 5.74) is 1.81. The normalized spacial score (nSPS) is 18.9. The lowest BCUT2D eigenvalue weighted by Crippen LogP contribution is -2.39. The second-order valence-corrected chi connectivity index (χ2v) is 6.62. The number of nitrogens with one attached hydrogen (secondary N) is 1. The summed E-state index contributed by atoms with van der Waals surface area (Å²) >= 11 is 0. The number of piperidine rings is 1. The van der Waals surface area contributed by atoms with E-state index in [4.69, 9.17) is 0 Å². The van der Waals surface area contributed by atoms with Crippen molar-refractivity contribution in [1.82, 2.24) is 15.2 Å². The molecule has 2 saturated heterocycles. The van der Waals surface area contributed by atoms with E-state index < -0.39 is 0 Å². The lowest BCUT2D eigenvalue weighted by atomic mass is 9.78. The summed E-state index contributed by atoms with van der Waals surface area (Å²) < 4.78 is 0. The van der Waals surface area contributed by atoms with E-state index in [0.29, 0.717) is 11.1 Å². The zero-order chi connectivity index (χ0) is 15.0. The molecule has 0 bridgehead atoms. The average molecular weight is 368 g/mol. The number of para-hydroxylation sites is 1. The molecule has 130 valence electrons. The Labute approximate surface area is 154 Å². The van der Waals surface area contributed by atoms with Gasteiger partial charge in [-0.25, -0.2) is 4.98 Å². The van der Waals surface area contributed by atoms with Crippen LogP contribution in [0.15, 0.2) is 36.4 Å². The Balaban J connectivity index is 0.00000104. The van der Waals surface area contributed by atoms with Crippen LogP contribution in [0.5, 0.6) is 0 Å². The van der Waals surface area contributed by atoms with Gasteiger partial charge in [0.1, 0.15) is 5.69 Å². The molecule has 0 radical (unpaired) electrons. The van der Waals surface area contributed by atoms with Crippen molar-refractivity contribution >= 4 is 41.6 Å². The Morgan fingerprint density at radius 3 is 2.58 bits per heavy atom. The van der Waals surface area contributed by atoms with Crippen molar-refractivity contribution in [1.29, 1.82) is 0 Å². The monoisotopic (exact) mass is 367 g/mol. The van der Waals surface area contributed by atoms with E-state index in [1.54, 1.807) is 0 Å². The molecule has 2 aromatic rings. The molecule has 0 saturated carbocycles. The highest BCUT2D eigenvalue weighted by molar-refractivity contribution is 5.95. The van der Waals surface area contributed by atoms with Gasteiger partial charge in [-0.1, -0.05) is 24.3 Å². The van der Waals surface area contributed by atoms with Crippen LogP contribution in [-0.2, 0) is 0 Å². The number of aromatic nitrogens is 1. The van der Waals surface area contributed by atoms with Gasteiger partial charge in [0.15, 0.2) is 0 Å². The van der Waals surface area contributed by atoms with Crippen LogP contribution in [0.2, 0.25) is 0 Å². The van der Waals surface area contributed by atoms with Crippen LogP contribution in [0.1, 0.15) is 29.8 Å². The Morgan fingerprint density at radius 1 is 1.04 bits per heavy atom. The molecule has 1 aromatic carbocycles. The number of rotatable bonds is 1. The van der Waals surface area contributed by atoms with Gasteiger partial charge in [-0.3, -0.25) is 4.79 Å². The molecule has 1 spiro atoms. The van der Waals surface area contributed by atoms with E-state index in [1.165, 1.54) is 12.8 Å². The lowest BCUT2D eigenvalue weighted by molar-refractivity contribution is 0.0756. The van der Waals surface area contributed by atoms with Crippen LogP contribution in [0.3, 0.4) is 0 Å². The van der Waals surface area contributed by atoms with Gasteiger partial charge < -0.3 is 10.2 Å². The Morgan fingerprint density at radius 2 is 1.79 bits per heavy atom. The van der Waals surface area contributed by atoms with Crippen LogP contribution in [-0.4, -0.2) is 42.0 Å². The first-order valence-electron chi connectivity index (χ1n) is 8.12. The highest BCUT2D eigenvalue weighted by Gasteiger charge is 2.40. The van der Waals surface area contributed by atoms with E-state index >= 15 is 0 Å². The van der Waals surface area contributed by atoms with Gasteiger partial charge in [-0.05, 0) is 49.9 Å². The van der Waals surface area contributed by atoms with E-state index in [2.05, 4.69) is 10.3 Å². The van der Waals surface area contributed by atoms with E-state index in [1.807, 2.05) is 41.3 Å². The Bertz CT molecular complexity index is 716. The Hall–Kier alpha value is -1.36. The third-order valence-electron chi connectivity index (χ3n) is 5.21. The molecule has 0 aliphatic carbocycles. The molecule has 6 heteroatoms. The number of amides is 1. The maximum atomic E-state index is 12.8. The summed E-state index contributed by atoms with van der Waals surface area (Å²) in [6, 6.07) is 11.8. The number of carbonyl (C=O) groups excluding carboxylic acids is 1. The minimum atomic E-state index is 0. The fraction of sp³-hybridized carbons (Fsp3) is 0.444. The number of nitrogens with zero attached hydrogens (tertiary/aromatic N) is 2. The summed E-state index contributed by atoms with van der Waals surface area (Å²) in [7, 11) is 0. The van der Waals surface area contributed by atoms with E-state index in [0.717, 1.165) is 43.5 Å². The van der Waals surface area contributed by atoms with Gasteiger partial charge in [0.05, 0.1) is 5.52 Å². The number of pyridine rings is 1. The summed E-state index contributed by atoms with van der Waals surface area (Å²) in [4.78, 5) is 19.3. The first kappa shape index (κ1) is 19.0. The van der Waals surface area contributed by atoms with Gasteiger partial charge in [-0.2, -0.15) is 0 Å². The van der Waals surface area contributed by atoms with Gasteiger partial charge in [0.2, 0.25) is 0 Å². The summed E-state index contributed by atoms with van der Waals surface area (Å²) in [5.74, 6) is 0.0844. The van der Waals surface area contributed by atoms with Gasteiger partial charge in [0.25, 0.3) is 5.91 Å². The molecule has 2 aliphatic heterocycles. The SMILES string of the molecule is Cl.Cl.O=C(c1ccc2ccccc2n1)N1CCC2(CCNCC2)C1. The fourth-order valence-corrected chi connectivity index (χ4v) is 3.82. The molecule has 1 aromatic heterocycles. The van der Waals surface area contributed by atoms with Crippen molar-refractivity contribution in [3.63, 3.8) is 0 Å². The van der Waals surface area contributed by atoms with Crippen molar-refractivity contribution in [3.05, 3.63) is 42.1 Å². The maximum absolute atomic E-state index is 12.8. The minimum Gasteiger partial charge on any atom is -0.337 e. The molecular weight excluding hydrogens is 345 g/mol. The van der Waals surface area contributed by atoms with Crippen molar-refractivity contribution < 1.29 is 4.79 Å². The zero-order valence-corrected chi connectivity index (χ0v) is 15.2. The van der Waals surface area contributed by atoms with Crippen molar-refractivity contribution in [2.75, 3.05) is 26.2 Å². The smallest absolute Gasteiger partial charge is 0.272 e. The molecule has 3 heterocycles. The second kappa shape index (κ2) is 7.68. The molecule has 1 N–H and O–H groups in total. The van der Waals surface area contributed by atoms with Crippen LogP contribution in [0.25, 0.3) is 10.9 Å². The average Bonchev–Trinajstić information content (AvgIpc) is 2.98. The number of likely N-dealkylation sites (tertiary alicyclic amines) is 1. The van der Waals surface area contributed by atoms with Crippen LogP contribution >= 0.6 is 24.8 Å². The summed E-state index contributed by atoms with van der Waals surface area (Å²) in [6.07, 6.45) is 3.50. The minimum absolute atomic E-state index is 0. The molecule has 4 nitrogen and oxygen atoms in total. The largest absolute Gasteiger partial charge is 0.337 e. The molecule has 4 rings (SSSR count). The molecular formula is C18H23Cl2N3O. The highest BCUT2D eigenvalue weighted by Crippen LogP contribution is 2.38. The number of fused-ring (bicyclic) bond motifs is 1. The molecule has 2 aliphatic rings. The first-order chi connectivity index (χ1) is 10.8. The molecule has 1 amide bonds. The second-order valence-electron chi connectivity index (χ2n) is 6.62. The summed E-state index contributed by atoms with van der Waals surface area (Å²) in [5, 5.41) is 4.49. The third kappa shape index (κ3) is 3.51. The predicted molar refractivity (Wildman–Crippen MR) is 101 cm³/mol. The number of benzene rings is 1. The number of hydrogen-bond donors (Lipinski definition) is 1. The number of carbonyl (C=O) groups is 1. The van der Waals surface area contributed by atoms with Gasteiger partial charge >= 0.3 is 0 Å².